The zero-order chi connectivity index (χ0) is 74.1. The van der Waals surface area contributed by atoms with Gasteiger partial charge in [0, 0.05) is 78.5 Å². The summed E-state index contributed by atoms with van der Waals surface area (Å²) in [5.74, 6) is -3.12. The minimum absolute atomic E-state index is 0. The van der Waals surface area contributed by atoms with Gasteiger partial charge in [-0.3, -0.25) is 57.5 Å². The summed E-state index contributed by atoms with van der Waals surface area (Å²) < 4.78 is 55.1. The Morgan fingerprint density at radius 2 is 0.378 bits per heavy atom. The molecule has 0 fully saturated rings. The summed E-state index contributed by atoms with van der Waals surface area (Å²) in [5.41, 5.74) is 10.7. The quantitative estimate of drug-likeness (QED) is 0.0260. The molecule has 0 bridgehead atoms. The second kappa shape index (κ2) is 77.6. The smallest absolute Gasteiger partial charge is 0.306 e. The molecule has 0 aromatic heterocycles. The number of nitrogens with one attached hydrogen (secondary N) is 4. The molecule has 576 valence electrons. The molecule has 0 saturated carbocycles. The van der Waals surface area contributed by atoms with Crippen molar-refractivity contribution in [1.29, 1.82) is 0 Å². The number of methoxy groups -OCH3 is 12. The molecule has 0 aromatic rings. The number of carbonyl (C=O) groups is 12. The molecule has 0 aliphatic rings. The van der Waals surface area contributed by atoms with Crippen molar-refractivity contribution in [2.24, 2.45) is 11.5 Å². The van der Waals surface area contributed by atoms with Crippen molar-refractivity contribution in [3.63, 3.8) is 0 Å². The largest absolute Gasteiger partial charge is 0.469 e. The van der Waals surface area contributed by atoms with Gasteiger partial charge in [0.25, 0.3) is 0 Å². The molecule has 0 saturated heterocycles. The van der Waals surface area contributed by atoms with E-state index in [1.807, 2.05) is 19.6 Å². The summed E-state index contributed by atoms with van der Waals surface area (Å²) >= 11 is 0. The number of rotatable bonds is 54. The van der Waals surface area contributed by atoms with Crippen molar-refractivity contribution in [3.05, 3.63) is 0 Å². The van der Waals surface area contributed by atoms with Crippen molar-refractivity contribution in [2.45, 2.75) is 117 Å². The van der Waals surface area contributed by atoms with Crippen LogP contribution in [-0.2, 0) is 114 Å². The van der Waals surface area contributed by atoms with Crippen LogP contribution in [0.15, 0.2) is 0 Å². The average Bonchev–Trinajstić information content (AvgIpc) is 3.02. The predicted molar refractivity (Wildman–Crippen MR) is 365 cm³/mol. The van der Waals surface area contributed by atoms with E-state index in [-0.39, 0.29) is 118 Å². The fraction of sp³-hybridized carbons (Fsp3) is 0.812. The van der Waals surface area contributed by atoms with Gasteiger partial charge in [0.05, 0.1) is 162 Å². The molecule has 0 aromatic carbocycles. The fourth-order valence-electron chi connectivity index (χ4n) is 7.65. The Kier molecular flexibility index (Phi) is 81.0. The monoisotopic (exact) mass is 1420 g/mol. The molecule has 8 N–H and O–H groups in total. The lowest BCUT2D eigenvalue weighted by Gasteiger charge is -2.25. The van der Waals surface area contributed by atoms with Gasteiger partial charge in [-0.15, -0.1) is 0 Å². The summed E-state index contributed by atoms with van der Waals surface area (Å²) in [4.78, 5) is 141. The SMILES string of the molecule is C.COC(=O)CCN(CCCN(CCC(=O)OC)CCC(=O)OC)CCC(=O)OC.COC(=O)CCN(CCCN)CCC(=O)OC.COC(=O)CCNCCCN.COC(=O)CCNCCCN(CCC(=O)OC)CCC(=O)OC.COC(=O)CCNCCCNCCC(=O)OC. The molecule has 0 unspecified atom stereocenters. The maximum Gasteiger partial charge on any atom is 0.306 e. The highest BCUT2D eigenvalue weighted by Crippen LogP contribution is 2.05. The molecule has 98 heavy (non-hydrogen) atoms. The molecule has 0 heterocycles. The van der Waals surface area contributed by atoms with Crippen LogP contribution in [0.25, 0.3) is 0 Å². The molecule has 0 amide bonds. The Bertz CT molecular complexity index is 1910. The lowest BCUT2D eigenvalue weighted by atomic mass is 10.2. The first kappa shape index (κ1) is 102. The summed E-state index contributed by atoms with van der Waals surface area (Å²) in [6.45, 7) is 13.9. The van der Waals surface area contributed by atoms with E-state index in [0.717, 1.165) is 71.4 Å². The predicted octanol–water partition coefficient (Wildman–Crippen LogP) is -0.240. The van der Waals surface area contributed by atoms with E-state index in [1.54, 1.807) is 0 Å². The van der Waals surface area contributed by atoms with Gasteiger partial charge in [-0.1, -0.05) is 7.43 Å². The number of hydrogen-bond acceptors (Lipinski definition) is 34. The van der Waals surface area contributed by atoms with E-state index >= 15 is 0 Å². The molecule has 0 aliphatic carbocycles. The average molecular weight is 1420 g/mol. The molecular weight excluding hydrogens is 1290 g/mol. The molecular formula is C64H126N10O24. The van der Waals surface area contributed by atoms with Gasteiger partial charge in [-0.25, -0.2) is 0 Å². The van der Waals surface area contributed by atoms with Gasteiger partial charge >= 0.3 is 71.6 Å². The molecule has 0 spiro atoms. The van der Waals surface area contributed by atoms with E-state index in [9.17, 15) is 57.5 Å². The van der Waals surface area contributed by atoms with Crippen molar-refractivity contribution in [2.75, 3.05) is 229 Å². The van der Waals surface area contributed by atoms with Crippen LogP contribution >= 0.6 is 0 Å². The summed E-state index contributed by atoms with van der Waals surface area (Å²) in [5, 5.41) is 12.5. The van der Waals surface area contributed by atoms with Crippen LogP contribution in [0.4, 0.5) is 0 Å². The van der Waals surface area contributed by atoms with Gasteiger partial charge in [0.1, 0.15) is 0 Å². The highest BCUT2D eigenvalue weighted by Gasteiger charge is 2.16. The van der Waals surface area contributed by atoms with Crippen LogP contribution in [0, 0.1) is 0 Å². The number of ether oxygens (including phenoxy) is 12. The van der Waals surface area contributed by atoms with Crippen molar-refractivity contribution in [1.82, 2.24) is 40.9 Å². The van der Waals surface area contributed by atoms with Crippen molar-refractivity contribution < 1.29 is 114 Å². The summed E-state index contributed by atoms with van der Waals surface area (Å²) in [6.07, 6.45) is 7.98. The minimum atomic E-state index is -0.314. The minimum Gasteiger partial charge on any atom is -0.469 e. The zero-order valence-electron chi connectivity index (χ0n) is 60.3. The van der Waals surface area contributed by atoms with Crippen LogP contribution in [0.2, 0.25) is 0 Å². The van der Waals surface area contributed by atoms with Crippen LogP contribution in [0.1, 0.15) is 117 Å². The first-order valence-electron chi connectivity index (χ1n) is 32.5. The van der Waals surface area contributed by atoms with Gasteiger partial charge in [0.2, 0.25) is 0 Å². The maximum absolute atomic E-state index is 11.4. The molecule has 0 radical (unpaired) electrons. The van der Waals surface area contributed by atoms with Crippen LogP contribution in [0.3, 0.4) is 0 Å². The van der Waals surface area contributed by atoms with Crippen molar-refractivity contribution in [3.8, 4) is 0 Å². The third-order valence-electron chi connectivity index (χ3n) is 13.5. The van der Waals surface area contributed by atoms with Crippen molar-refractivity contribution >= 4 is 71.6 Å². The molecule has 34 nitrogen and oxygen atoms in total. The second-order valence-electron chi connectivity index (χ2n) is 20.6. The van der Waals surface area contributed by atoms with E-state index in [4.69, 9.17) is 11.5 Å². The Balaban J connectivity index is -0.000000278. The fourth-order valence-corrected chi connectivity index (χ4v) is 7.65. The van der Waals surface area contributed by atoms with Gasteiger partial charge in [-0.05, 0) is 97.6 Å². The third-order valence-corrected chi connectivity index (χ3v) is 13.5. The maximum atomic E-state index is 11.4. The highest BCUT2D eigenvalue weighted by atomic mass is 16.6. The number of nitrogens with zero attached hydrogens (tertiary/aromatic N) is 4. The third kappa shape index (κ3) is 76.6. The van der Waals surface area contributed by atoms with Crippen LogP contribution in [-0.4, -0.2) is 321 Å². The van der Waals surface area contributed by atoms with Gasteiger partial charge < -0.3 is 109 Å². The Morgan fingerprint density at radius 1 is 0.214 bits per heavy atom. The molecule has 0 rings (SSSR count). The standard InChI is InChI=1S/C19H34N2O8.C15H28N2O6.2C11H22N2O4.C7H16N2O2.CH4/c1-26-16(22)6-12-20(13-7-17(23)27-2)10-5-11-21(14-8-18(24)28-3)15-9-19(25)29-4;1-21-13(18)5-9-16-8-4-10-17(11-6-14(19)22-2)12-7-15(20)23-3;1-16-10(14)4-8-13(7-3-6-12)9-5-11(15)17-2;1-16-10(14)4-8-12-6-3-7-13-9-5-11(15)17-2;1-11-7(10)3-6-9-5-2-4-8;/h5-15H2,1-4H3;16H,4-12H2,1-3H3;3-9,12H2,1-2H3;12-13H,3-9H2,1-2H3;9H,2-6,8H2,1H3;1H4. The van der Waals surface area contributed by atoms with Gasteiger partial charge in [-0.2, -0.15) is 0 Å². The number of esters is 12. The first-order valence-corrected chi connectivity index (χ1v) is 32.5. The number of hydrogen-bond donors (Lipinski definition) is 6. The van der Waals surface area contributed by atoms with E-state index in [2.05, 4.69) is 78.1 Å². The normalized spacial score (nSPS) is 10.2. The number of nitrogens with two attached hydrogens (primary N) is 2. The van der Waals surface area contributed by atoms with Gasteiger partial charge in [0.15, 0.2) is 0 Å². The molecule has 0 atom stereocenters. The van der Waals surface area contributed by atoms with E-state index in [1.165, 1.54) is 85.3 Å². The van der Waals surface area contributed by atoms with Crippen LogP contribution < -0.4 is 32.7 Å². The lowest BCUT2D eigenvalue weighted by Crippen LogP contribution is -2.35. The number of carbonyl (C=O) groups excluding carboxylic acids is 12. The molecule has 0 aliphatic heterocycles. The highest BCUT2D eigenvalue weighted by molar-refractivity contribution is 5.73. The topological polar surface area (TPSA) is 429 Å². The first-order chi connectivity index (χ1) is 46.5. The van der Waals surface area contributed by atoms with Crippen LogP contribution in [0.5, 0.6) is 0 Å². The zero-order valence-corrected chi connectivity index (χ0v) is 60.3. The van der Waals surface area contributed by atoms with E-state index in [0.29, 0.717) is 143 Å². The summed E-state index contributed by atoms with van der Waals surface area (Å²) in [7, 11) is 16.3. The Labute approximate surface area is 582 Å². The Hall–Kier alpha value is -6.76. The Morgan fingerprint density at radius 3 is 0.571 bits per heavy atom. The van der Waals surface area contributed by atoms with E-state index < -0.39 is 0 Å². The lowest BCUT2D eigenvalue weighted by molar-refractivity contribution is -0.143. The second-order valence-corrected chi connectivity index (χ2v) is 20.6. The molecule has 34 heteroatoms. The summed E-state index contributed by atoms with van der Waals surface area (Å²) in [6, 6.07) is 0.